The van der Waals surface area contributed by atoms with E-state index in [0.717, 1.165) is 49.3 Å². The molecule has 2 aromatic carbocycles. The maximum atomic E-state index is 11.9. The van der Waals surface area contributed by atoms with Gasteiger partial charge in [0.1, 0.15) is 5.75 Å². The Bertz CT molecular complexity index is 982. The lowest BCUT2D eigenvalue weighted by molar-refractivity contribution is -0.148. The summed E-state index contributed by atoms with van der Waals surface area (Å²) in [5.74, 6) is 1.36. The zero-order valence-corrected chi connectivity index (χ0v) is 16.9. The SMILES string of the molecule is COc1ccc(C2(O)[C@H]3CCC[C@H]2CN(Cc2cccc4ncccc24)C3)cc1. The molecule has 1 aliphatic carbocycles. The third kappa shape index (κ3) is 3.21. The molecule has 0 spiro atoms. The fraction of sp³-hybridized carbons (Fsp3) is 0.400. The summed E-state index contributed by atoms with van der Waals surface area (Å²) in [4.78, 5) is 7.04. The van der Waals surface area contributed by atoms with Crippen molar-refractivity contribution in [2.45, 2.75) is 31.4 Å². The summed E-state index contributed by atoms with van der Waals surface area (Å²) in [5.41, 5.74) is 2.68. The molecule has 1 aliphatic heterocycles. The summed E-state index contributed by atoms with van der Waals surface area (Å²) in [6.45, 7) is 2.76. The monoisotopic (exact) mass is 388 g/mol. The Balaban J connectivity index is 1.41. The van der Waals surface area contributed by atoms with E-state index in [1.807, 2.05) is 24.4 Å². The minimum atomic E-state index is -0.735. The van der Waals surface area contributed by atoms with Crippen LogP contribution in [0.2, 0.25) is 0 Å². The van der Waals surface area contributed by atoms with Crippen molar-refractivity contribution in [2.24, 2.45) is 11.8 Å². The second-order valence-electron chi connectivity index (χ2n) is 8.56. The van der Waals surface area contributed by atoms with Gasteiger partial charge >= 0.3 is 0 Å². The average molecular weight is 389 g/mol. The number of hydrogen-bond acceptors (Lipinski definition) is 4. The number of fused-ring (bicyclic) bond motifs is 3. The van der Waals surface area contributed by atoms with Gasteiger partial charge in [-0.1, -0.05) is 36.8 Å². The van der Waals surface area contributed by atoms with Crippen molar-refractivity contribution in [2.75, 3.05) is 20.2 Å². The molecule has 0 amide bonds. The van der Waals surface area contributed by atoms with Crippen LogP contribution in [0.1, 0.15) is 30.4 Å². The smallest absolute Gasteiger partial charge is 0.118 e. The van der Waals surface area contributed by atoms with Gasteiger partial charge in [-0.15, -0.1) is 0 Å². The highest BCUT2D eigenvalue weighted by Gasteiger charge is 2.51. The zero-order valence-electron chi connectivity index (χ0n) is 16.9. The fourth-order valence-electron chi connectivity index (χ4n) is 5.55. The van der Waals surface area contributed by atoms with Crippen molar-refractivity contribution in [1.82, 2.24) is 9.88 Å². The van der Waals surface area contributed by atoms with Crippen LogP contribution in [0.15, 0.2) is 60.8 Å². The summed E-state index contributed by atoms with van der Waals surface area (Å²) >= 11 is 0. The molecule has 29 heavy (non-hydrogen) atoms. The minimum Gasteiger partial charge on any atom is -0.497 e. The second-order valence-corrected chi connectivity index (χ2v) is 8.56. The first kappa shape index (κ1) is 18.6. The zero-order chi connectivity index (χ0) is 19.8. The molecule has 4 heteroatoms. The first-order valence-corrected chi connectivity index (χ1v) is 10.6. The Labute approximate surface area is 172 Å². The van der Waals surface area contributed by atoms with Crippen LogP contribution in [0.5, 0.6) is 5.75 Å². The Morgan fingerprint density at radius 3 is 2.52 bits per heavy atom. The van der Waals surface area contributed by atoms with E-state index in [1.165, 1.54) is 17.4 Å². The number of likely N-dealkylation sites (tertiary alicyclic amines) is 1. The molecular formula is C25H28N2O2. The van der Waals surface area contributed by atoms with E-state index < -0.39 is 5.60 Å². The fourth-order valence-corrected chi connectivity index (χ4v) is 5.55. The molecule has 4 nitrogen and oxygen atoms in total. The normalized spacial score (nSPS) is 27.1. The third-order valence-corrected chi connectivity index (χ3v) is 6.99. The first-order chi connectivity index (χ1) is 14.2. The molecule has 2 heterocycles. The molecule has 0 radical (unpaired) electrons. The number of methoxy groups -OCH3 is 1. The summed E-state index contributed by atoms with van der Waals surface area (Å²) in [6.07, 6.45) is 5.21. The maximum absolute atomic E-state index is 11.9. The first-order valence-electron chi connectivity index (χ1n) is 10.6. The van der Waals surface area contributed by atoms with Crippen LogP contribution in [0.4, 0.5) is 0 Å². The lowest BCUT2D eigenvalue weighted by Crippen LogP contribution is -2.57. The molecule has 2 aliphatic rings. The van der Waals surface area contributed by atoms with Gasteiger partial charge < -0.3 is 9.84 Å². The molecule has 1 saturated carbocycles. The highest BCUT2D eigenvalue weighted by atomic mass is 16.5. The number of aliphatic hydroxyl groups is 1. The van der Waals surface area contributed by atoms with E-state index in [0.29, 0.717) is 0 Å². The van der Waals surface area contributed by atoms with Gasteiger partial charge in [0.15, 0.2) is 0 Å². The van der Waals surface area contributed by atoms with Gasteiger partial charge in [-0.3, -0.25) is 9.88 Å². The van der Waals surface area contributed by atoms with E-state index in [1.54, 1.807) is 7.11 Å². The van der Waals surface area contributed by atoms with Crippen molar-refractivity contribution in [3.05, 3.63) is 71.9 Å². The van der Waals surface area contributed by atoms with Crippen LogP contribution in [0.25, 0.3) is 10.9 Å². The second kappa shape index (κ2) is 7.43. The molecule has 5 rings (SSSR count). The number of hydrogen-bond donors (Lipinski definition) is 1. The average Bonchev–Trinajstić information content (AvgIpc) is 2.75. The molecule has 1 saturated heterocycles. The van der Waals surface area contributed by atoms with Gasteiger partial charge in [0.05, 0.1) is 18.2 Å². The standard InChI is InChI=1S/C25H28N2O2/c1-29-22-12-10-19(11-13-22)25(28)20-6-3-7-21(25)17-27(16-20)15-18-5-2-9-24-23(18)8-4-14-26-24/h2,4-5,8-14,20-21,28H,3,6-7,15-17H2,1H3/t20-,21-/m0/s1. The van der Waals surface area contributed by atoms with Crippen LogP contribution in [0, 0.1) is 11.8 Å². The quantitative estimate of drug-likeness (QED) is 0.721. The number of ether oxygens (including phenoxy) is 1. The topological polar surface area (TPSA) is 45.6 Å². The predicted octanol–water partition coefficient (Wildman–Crippen LogP) is 4.36. The Hall–Kier alpha value is -2.43. The van der Waals surface area contributed by atoms with Gasteiger partial charge in [-0.25, -0.2) is 0 Å². The van der Waals surface area contributed by atoms with Crippen molar-refractivity contribution in [3.8, 4) is 5.75 Å². The van der Waals surface area contributed by atoms with Crippen molar-refractivity contribution >= 4 is 10.9 Å². The predicted molar refractivity (Wildman–Crippen MR) is 115 cm³/mol. The van der Waals surface area contributed by atoms with E-state index >= 15 is 0 Å². The number of benzene rings is 2. The van der Waals surface area contributed by atoms with Crippen LogP contribution in [-0.2, 0) is 12.1 Å². The van der Waals surface area contributed by atoms with E-state index in [2.05, 4.69) is 46.3 Å². The number of nitrogens with zero attached hydrogens (tertiary/aromatic N) is 2. The molecule has 2 bridgehead atoms. The summed E-state index contributed by atoms with van der Waals surface area (Å²) in [7, 11) is 1.68. The Morgan fingerprint density at radius 2 is 1.79 bits per heavy atom. The van der Waals surface area contributed by atoms with Crippen LogP contribution in [0.3, 0.4) is 0 Å². The lowest BCUT2D eigenvalue weighted by Gasteiger charge is -2.53. The number of piperidine rings is 1. The Morgan fingerprint density at radius 1 is 1.03 bits per heavy atom. The van der Waals surface area contributed by atoms with Crippen LogP contribution in [-0.4, -0.2) is 35.2 Å². The van der Waals surface area contributed by atoms with Crippen molar-refractivity contribution < 1.29 is 9.84 Å². The van der Waals surface area contributed by atoms with Gasteiger partial charge in [0, 0.05) is 43.1 Å². The van der Waals surface area contributed by atoms with E-state index in [9.17, 15) is 5.11 Å². The van der Waals surface area contributed by atoms with Crippen molar-refractivity contribution in [1.29, 1.82) is 0 Å². The van der Waals surface area contributed by atoms with Gasteiger partial charge in [-0.2, -0.15) is 0 Å². The molecule has 150 valence electrons. The summed E-state index contributed by atoms with van der Waals surface area (Å²) in [5, 5.41) is 13.1. The molecule has 1 aromatic heterocycles. The van der Waals surface area contributed by atoms with Gasteiger partial charge in [0.2, 0.25) is 0 Å². The molecule has 3 aromatic rings. The maximum Gasteiger partial charge on any atom is 0.118 e. The molecule has 0 unspecified atom stereocenters. The van der Waals surface area contributed by atoms with E-state index in [4.69, 9.17) is 4.74 Å². The van der Waals surface area contributed by atoms with Crippen LogP contribution >= 0.6 is 0 Å². The van der Waals surface area contributed by atoms with Crippen molar-refractivity contribution in [3.63, 3.8) is 0 Å². The van der Waals surface area contributed by atoms with Crippen LogP contribution < -0.4 is 4.74 Å². The largest absolute Gasteiger partial charge is 0.497 e. The number of pyridine rings is 1. The van der Waals surface area contributed by atoms with Gasteiger partial charge in [-0.05, 0) is 48.2 Å². The highest BCUT2D eigenvalue weighted by molar-refractivity contribution is 5.81. The van der Waals surface area contributed by atoms with Gasteiger partial charge in [0.25, 0.3) is 0 Å². The summed E-state index contributed by atoms with van der Waals surface area (Å²) < 4.78 is 5.31. The minimum absolute atomic E-state index is 0.261. The highest BCUT2D eigenvalue weighted by Crippen LogP contribution is 2.49. The summed E-state index contributed by atoms with van der Waals surface area (Å²) in [6, 6.07) is 18.6. The molecule has 2 fully saturated rings. The molecular weight excluding hydrogens is 360 g/mol. The number of aromatic nitrogens is 1. The van der Waals surface area contributed by atoms with E-state index in [-0.39, 0.29) is 11.8 Å². The Kier molecular flexibility index (Phi) is 4.76. The lowest BCUT2D eigenvalue weighted by atomic mass is 9.62. The molecule has 1 N–H and O–H groups in total. The number of rotatable bonds is 4. The molecule has 2 atom stereocenters. The third-order valence-electron chi connectivity index (χ3n) is 6.99.